The molecule has 0 aliphatic heterocycles. The highest BCUT2D eigenvalue weighted by Crippen LogP contribution is 2.28. The number of hydrogen-bond acceptors (Lipinski definition) is 6. The maximum absolute atomic E-state index is 11.8. The maximum atomic E-state index is 11.8. The molecule has 29 heavy (non-hydrogen) atoms. The van der Waals surface area contributed by atoms with Crippen LogP contribution in [0.1, 0.15) is 15.9 Å². The first-order valence-electron chi connectivity index (χ1n) is 8.97. The van der Waals surface area contributed by atoms with E-state index < -0.39 is 5.97 Å². The predicted molar refractivity (Wildman–Crippen MR) is 110 cm³/mol. The van der Waals surface area contributed by atoms with Gasteiger partial charge in [-0.15, -0.1) is 0 Å². The van der Waals surface area contributed by atoms with E-state index in [1.54, 1.807) is 19.4 Å². The first-order valence-corrected chi connectivity index (χ1v) is 8.97. The van der Waals surface area contributed by atoms with Gasteiger partial charge in [0.05, 0.1) is 24.0 Å². The van der Waals surface area contributed by atoms with Gasteiger partial charge in [-0.05, 0) is 23.8 Å². The minimum Gasteiger partial charge on any atom is -0.481 e. The van der Waals surface area contributed by atoms with Crippen LogP contribution in [0.2, 0.25) is 0 Å². The van der Waals surface area contributed by atoms with Crippen molar-refractivity contribution in [3.63, 3.8) is 0 Å². The molecule has 7 heteroatoms. The molecule has 0 fully saturated rings. The number of carboxylic acids is 1. The third kappa shape index (κ3) is 3.84. The van der Waals surface area contributed by atoms with Gasteiger partial charge in [-0.25, -0.2) is 14.8 Å². The number of fused-ring (bicyclic) bond motifs is 1. The number of methoxy groups -OCH3 is 1. The standard InChI is InChI=1S/C22H18N4O3/c1-29-19-10-7-15(12-24-19)17-8-9-18-21(26-17)20(16(13-23-18)22(27)28)25-11-14-5-3-2-4-6-14/h2-10,12-13H,11H2,1H3,(H,23,25)(H,27,28). The van der Waals surface area contributed by atoms with Crippen LogP contribution < -0.4 is 10.1 Å². The summed E-state index contributed by atoms with van der Waals surface area (Å²) in [4.78, 5) is 24.9. The molecule has 2 N–H and O–H groups in total. The summed E-state index contributed by atoms with van der Waals surface area (Å²) in [6.45, 7) is 0.468. The molecule has 0 bridgehead atoms. The molecule has 0 unspecified atom stereocenters. The fourth-order valence-corrected chi connectivity index (χ4v) is 3.01. The highest BCUT2D eigenvalue weighted by atomic mass is 16.5. The fourth-order valence-electron chi connectivity index (χ4n) is 3.01. The van der Waals surface area contributed by atoms with Crippen molar-refractivity contribution < 1.29 is 14.6 Å². The average molecular weight is 386 g/mol. The Balaban J connectivity index is 1.79. The molecular weight excluding hydrogens is 368 g/mol. The zero-order chi connectivity index (χ0) is 20.2. The molecule has 0 saturated heterocycles. The van der Waals surface area contributed by atoms with Gasteiger partial charge >= 0.3 is 5.97 Å². The Kier molecular flexibility index (Phi) is 5.03. The lowest BCUT2D eigenvalue weighted by molar-refractivity contribution is 0.0697. The molecule has 144 valence electrons. The molecule has 0 atom stereocenters. The molecule has 3 heterocycles. The highest BCUT2D eigenvalue weighted by molar-refractivity contribution is 6.03. The van der Waals surface area contributed by atoms with Crippen molar-refractivity contribution in [3.05, 3.63) is 78.1 Å². The third-order valence-corrected chi connectivity index (χ3v) is 4.50. The largest absolute Gasteiger partial charge is 0.481 e. The third-order valence-electron chi connectivity index (χ3n) is 4.50. The summed E-state index contributed by atoms with van der Waals surface area (Å²) in [5, 5.41) is 12.9. The van der Waals surface area contributed by atoms with Gasteiger partial charge in [0.15, 0.2) is 0 Å². The Hall–Kier alpha value is -4.00. The van der Waals surface area contributed by atoms with E-state index in [-0.39, 0.29) is 5.56 Å². The van der Waals surface area contributed by atoms with Gasteiger partial charge in [-0.1, -0.05) is 30.3 Å². The van der Waals surface area contributed by atoms with Crippen LogP contribution in [0.25, 0.3) is 22.3 Å². The fraction of sp³-hybridized carbons (Fsp3) is 0.0909. The Morgan fingerprint density at radius 3 is 2.55 bits per heavy atom. The number of carbonyl (C=O) groups is 1. The summed E-state index contributed by atoms with van der Waals surface area (Å²) < 4.78 is 5.09. The van der Waals surface area contributed by atoms with Gasteiger partial charge in [-0.3, -0.25) is 4.98 Å². The number of ether oxygens (including phenoxy) is 1. The van der Waals surface area contributed by atoms with Crippen molar-refractivity contribution in [1.29, 1.82) is 0 Å². The summed E-state index contributed by atoms with van der Waals surface area (Å²) >= 11 is 0. The minimum absolute atomic E-state index is 0.0749. The number of anilines is 1. The maximum Gasteiger partial charge on any atom is 0.339 e. The van der Waals surface area contributed by atoms with E-state index in [1.807, 2.05) is 48.5 Å². The van der Waals surface area contributed by atoms with E-state index in [1.165, 1.54) is 6.20 Å². The number of aromatic nitrogens is 3. The van der Waals surface area contributed by atoms with Crippen molar-refractivity contribution >= 4 is 22.7 Å². The second-order valence-corrected chi connectivity index (χ2v) is 6.34. The quantitative estimate of drug-likeness (QED) is 0.517. The van der Waals surface area contributed by atoms with Crippen molar-refractivity contribution in [2.45, 2.75) is 6.54 Å². The SMILES string of the molecule is COc1ccc(-c2ccc3ncc(C(=O)O)c(NCc4ccccc4)c3n2)cn1. The van der Waals surface area contributed by atoms with E-state index in [9.17, 15) is 9.90 Å². The molecule has 0 amide bonds. The van der Waals surface area contributed by atoms with Crippen LogP contribution in [-0.4, -0.2) is 33.1 Å². The topological polar surface area (TPSA) is 97.2 Å². The summed E-state index contributed by atoms with van der Waals surface area (Å²) in [6, 6.07) is 17.0. The smallest absolute Gasteiger partial charge is 0.339 e. The van der Waals surface area contributed by atoms with E-state index >= 15 is 0 Å². The molecule has 3 aromatic heterocycles. The summed E-state index contributed by atoms with van der Waals surface area (Å²) in [6.07, 6.45) is 3.02. The van der Waals surface area contributed by atoms with Crippen molar-refractivity contribution in [3.8, 4) is 17.1 Å². The second kappa shape index (κ2) is 7.93. The number of aromatic carboxylic acids is 1. The van der Waals surface area contributed by atoms with Crippen LogP contribution in [0.3, 0.4) is 0 Å². The Bertz CT molecular complexity index is 1160. The van der Waals surface area contributed by atoms with Crippen LogP contribution in [-0.2, 0) is 6.54 Å². The molecule has 4 rings (SSSR count). The number of nitrogens with zero attached hydrogens (tertiary/aromatic N) is 3. The average Bonchev–Trinajstić information content (AvgIpc) is 2.77. The minimum atomic E-state index is -1.06. The first kappa shape index (κ1) is 18.4. The van der Waals surface area contributed by atoms with Gasteiger partial charge in [0, 0.05) is 30.6 Å². The lowest BCUT2D eigenvalue weighted by atomic mass is 10.1. The number of benzene rings is 1. The van der Waals surface area contributed by atoms with E-state index in [4.69, 9.17) is 4.74 Å². The van der Waals surface area contributed by atoms with Gasteiger partial charge in [0.25, 0.3) is 0 Å². The van der Waals surface area contributed by atoms with E-state index in [0.717, 1.165) is 11.1 Å². The molecule has 0 saturated carbocycles. The Labute approximate surface area is 167 Å². The lowest BCUT2D eigenvalue weighted by Crippen LogP contribution is -2.09. The number of nitrogens with one attached hydrogen (secondary N) is 1. The van der Waals surface area contributed by atoms with Crippen LogP contribution in [0.4, 0.5) is 5.69 Å². The second-order valence-electron chi connectivity index (χ2n) is 6.34. The normalized spacial score (nSPS) is 10.7. The van der Waals surface area contributed by atoms with Crippen LogP contribution in [0, 0.1) is 0 Å². The number of carboxylic acid groups (broad SMARTS) is 1. The van der Waals surface area contributed by atoms with Crippen molar-refractivity contribution in [1.82, 2.24) is 15.0 Å². The monoisotopic (exact) mass is 386 g/mol. The molecule has 0 aliphatic rings. The lowest BCUT2D eigenvalue weighted by Gasteiger charge is -2.13. The summed E-state index contributed by atoms with van der Waals surface area (Å²) in [7, 11) is 1.56. The number of hydrogen-bond donors (Lipinski definition) is 2. The molecule has 4 aromatic rings. The van der Waals surface area contributed by atoms with Crippen LogP contribution >= 0.6 is 0 Å². The summed E-state index contributed by atoms with van der Waals surface area (Å²) in [5.74, 6) is -0.553. The molecule has 1 aromatic carbocycles. The van der Waals surface area contributed by atoms with Gasteiger partial charge in [0.1, 0.15) is 11.1 Å². The molecular formula is C22H18N4O3. The summed E-state index contributed by atoms with van der Waals surface area (Å²) in [5.41, 5.74) is 4.11. The first-order chi connectivity index (χ1) is 14.2. The molecule has 0 radical (unpaired) electrons. The predicted octanol–water partition coefficient (Wildman–Crippen LogP) is 4.01. The van der Waals surface area contributed by atoms with Crippen molar-refractivity contribution in [2.24, 2.45) is 0 Å². The number of pyridine rings is 3. The molecule has 7 nitrogen and oxygen atoms in total. The Morgan fingerprint density at radius 1 is 1.03 bits per heavy atom. The van der Waals surface area contributed by atoms with E-state index in [0.29, 0.717) is 34.8 Å². The highest BCUT2D eigenvalue weighted by Gasteiger charge is 2.16. The zero-order valence-corrected chi connectivity index (χ0v) is 15.7. The van der Waals surface area contributed by atoms with Gasteiger partial charge in [0.2, 0.25) is 5.88 Å². The van der Waals surface area contributed by atoms with Gasteiger partial charge in [-0.2, -0.15) is 0 Å². The van der Waals surface area contributed by atoms with Crippen LogP contribution in [0.15, 0.2) is 67.0 Å². The van der Waals surface area contributed by atoms with E-state index in [2.05, 4.69) is 20.3 Å². The zero-order valence-electron chi connectivity index (χ0n) is 15.7. The molecule has 0 aliphatic carbocycles. The Morgan fingerprint density at radius 2 is 1.86 bits per heavy atom. The molecule has 0 spiro atoms. The van der Waals surface area contributed by atoms with Crippen molar-refractivity contribution in [2.75, 3.05) is 12.4 Å². The van der Waals surface area contributed by atoms with Gasteiger partial charge < -0.3 is 15.2 Å². The van der Waals surface area contributed by atoms with Crippen LogP contribution in [0.5, 0.6) is 5.88 Å². The number of rotatable bonds is 6.